The molecule has 0 heterocycles. The molecule has 0 aliphatic carbocycles. The van der Waals surface area contributed by atoms with Crippen LogP contribution in [0.5, 0.6) is 28.7 Å². The fourth-order valence-electron chi connectivity index (χ4n) is 3.20. The summed E-state index contributed by atoms with van der Waals surface area (Å²) in [4.78, 5) is 0. The molecule has 0 spiro atoms. The Hall–Kier alpha value is -3.34. The van der Waals surface area contributed by atoms with Crippen LogP contribution in [0.15, 0.2) is 42.5 Å². The van der Waals surface area contributed by atoms with E-state index in [1.807, 2.05) is 19.9 Å². The molecular formula is C22H22O5. The van der Waals surface area contributed by atoms with Gasteiger partial charge in [0.05, 0.1) is 0 Å². The minimum Gasteiger partial charge on any atom is -0.508 e. The first-order valence-electron chi connectivity index (χ1n) is 8.59. The third-order valence-electron chi connectivity index (χ3n) is 4.91. The van der Waals surface area contributed by atoms with E-state index >= 15 is 0 Å². The zero-order valence-electron chi connectivity index (χ0n) is 15.2. The molecule has 0 aromatic heterocycles. The second kappa shape index (κ2) is 7.11. The fourth-order valence-corrected chi connectivity index (χ4v) is 3.20. The van der Waals surface area contributed by atoms with Gasteiger partial charge < -0.3 is 25.5 Å². The molecular weight excluding hydrogens is 344 g/mol. The molecule has 5 N–H and O–H groups in total. The van der Waals surface area contributed by atoms with E-state index in [9.17, 15) is 25.5 Å². The first-order chi connectivity index (χ1) is 12.8. The van der Waals surface area contributed by atoms with Crippen molar-refractivity contribution < 1.29 is 25.5 Å². The Morgan fingerprint density at radius 1 is 0.630 bits per heavy atom. The van der Waals surface area contributed by atoms with E-state index in [-0.39, 0.29) is 28.7 Å². The number of phenols is 5. The third kappa shape index (κ3) is 3.77. The summed E-state index contributed by atoms with van der Waals surface area (Å²) in [6, 6.07) is 10.6. The van der Waals surface area contributed by atoms with Crippen LogP contribution in [0, 0.1) is 13.8 Å². The van der Waals surface area contributed by atoms with E-state index < -0.39 is 0 Å². The van der Waals surface area contributed by atoms with Crippen molar-refractivity contribution >= 4 is 0 Å². The van der Waals surface area contributed by atoms with Gasteiger partial charge in [-0.05, 0) is 53.8 Å². The van der Waals surface area contributed by atoms with E-state index in [0.717, 1.165) is 11.1 Å². The fraction of sp³-hybridized carbons (Fsp3) is 0.182. The molecule has 0 aliphatic rings. The van der Waals surface area contributed by atoms with Crippen LogP contribution >= 0.6 is 0 Å². The van der Waals surface area contributed by atoms with E-state index in [1.165, 1.54) is 24.3 Å². The lowest BCUT2D eigenvalue weighted by Gasteiger charge is -2.17. The minimum atomic E-state index is -0.0367. The predicted molar refractivity (Wildman–Crippen MR) is 103 cm³/mol. The zero-order valence-corrected chi connectivity index (χ0v) is 15.2. The summed E-state index contributed by atoms with van der Waals surface area (Å²) in [7, 11) is 0. The maximum atomic E-state index is 10.8. The Morgan fingerprint density at radius 3 is 1.67 bits per heavy atom. The molecule has 5 nitrogen and oxygen atoms in total. The Kier molecular flexibility index (Phi) is 4.86. The van der Waals surface area contributed by atoms with Gasteiger partial charge in [0.25, 0.3) is 0 Å². The van der Waals surface area contributed by atoms with Crippen LogP contribution in [0.3, 0.4) is 0 Å². The molecule has 3 rings (SSSR count). The van der Waals surface area contributed by atoms with Crippen LogP contribution in [0.25, 0.3) is 0 Å². The number of phenolic OH excluding ortho intramolecular Hbond substituents is 5. The molecule has 3 aromatic carbocycles. The van der Waals surface area contributed by atoms with Gasteiger partial charge in [0.15, 0.2) is 0 Å². The van der Waals surface area contributed by atoms with Crippen molar-refractivity contribution in [1.29, 1.82) is 0 Å². The van der Waals surface area contributed by atoms with Gasteiger partial charge >= 0.3 is 0 Å². The normalized spacial score (nSPS) is 10.9. The molecule has 0 fully saturated rings. The molecule has 5 heteroatoms. The topological polar surface area (TPSA) is 101 Å². The lowest BCUT2D eigenvalue weighted by Crippen LogP contribution is -2.00. The number of hydrogen-bond donors (Lipinski definition) is 5. The summed E-state index contributed by atoms with van der Waals surface area (Å²) in [5.41, 5.74) is 4.41. The molecule has 0 atom stereocenters. The number of benzene rings is 3. The lowest BCUT2D eigenvalue weighted by atomic mass is 9.90. The molecule has 0 radical (unpaired) electrons. The molecule has 0 saturated carbocycles. The van der Waals surface area contributed by atoms with E-state index in [0.29, 0.717) is 35.1 Å². The van der Waals surface area contributed by atoms with Crippen LogP contribution in [0.4, 0.5) is 0 Å². The largest absolute Gasteiger partial charge is 0.508 e. The summed E-state index contributed by atoms with van der Waals surface area (Å²) < 4.78 is 0. The molecule has 3 aromatic rings. The number of rotatable bonds is 4. The zero-order chi connectivity index (χ0) is 19.7. The first-order valence-corrected chi connectivity index (χ1v) is 8.59. The van der Waals surface area contributed by atoms with Gasteiger partial charge in [-0.15, -0.1) is 0 Å². The molecule has 0 saturated heterocycles. The SMILES string of the molecule is Cc1cc(Cc2ccc(O)cc2O)c(O)c(Cc2ccc(O)cc2O)c1C. The Morgan fingerprint density at radius 2 is 1.15 bits per heavy atom. The van der Waals surface area contributed by atoms with Crippen LogP contribution < -0.4 is 0 Å². The molecule has 0 bridgehead atoms. The summed E-state index contributed by atoms with van der Waals surface area (Å²) in [5.74, 6) is -0.00886. The van der Waals surface area contributed by atoms with Crippen molar-refractivity contribution in [3.05, 3.63) is 75.8 Å². The van der Waals surface area contributed by atoms with Crippen molar-refractivity contribution in [3.63, 3.8) is 0 Å². The molecule has 140 valence electrons. The van der Waals surface area contributed by atoms with Gasteiger partial charge in [-0.2, -0.15) is 0 Å². The molecule has 0 aliphatic heterocycles. The predicted octanol–water partition coefficient (Wildman–Crippen LogP) is 4.01. The van der Waals surface area contributed by atoms with E-state index in [4.69, 9.17) is 0 Å². The summed E-state index contributed by atoms with van der Waals surface area (Å²) in [6.45, 7) is 3.85. The first kappa shape index (κ1) is 18.5. The molecule has 0 unspecified atom stereocenters. The molecule has 27 heavy (non-hydrogen) atoms. The van der Waals surface area contributed by atoms with Crippen molar-refractivity contribution in [1.82, 2.24) is 0 Å². The highest BCUT2D eigenvalue weighted by Crippen LogP contribution is 2.36. The Balaban J connectivity index is 2.02. The monoisotopic (exact) mass is 366 g/mol. The average molecular weight is 366 g/mol. The average Bonchev–Trinajstić information content (AvgIpc) is 2.60. The van der Waals surface area contributed by atoms with Gasteiger partial charge in [0.2, 0.25) is 0 Å². The van der Waals surface area contributed by atoms with Gasteiger partial charge in [0.1, 0.15) is 28.7 Å². The number of aryl methyl sites for hydroxylation is 1. The van der Waals surface area contributed by atoms with Crippen molar-refractivity contribution in [3.8, 4) is 28.7 Å². The van der Waals surface area contributed by atoms with E-state index in [1.54, 1.807) is 12.1 Å². The number of hydrogen-bond acceptors (Lipinski definition) is 5. The standard InChI is InChI=1S/C22H22O5/c1-12-7-16(8-14-3-5-17(23)10-20(14)25)22(27)19(13(12)2)9-15-4-6-18(24)11-21(15)26/h3-7,10-11,23-27H,8-9H2,1-2H3. The van der Waals surface area contributed by atoms with E-state index in [2.05, 4.69) is 0 Å². The highest BCUT2D eigenvalue weighted by atomic mass is 16.3. The minimum absolute atomic E-state index is 0.0232. The van der Waals surface area contributed by atoms with Gasteiger partial charge in [-0.3, -0.25) is 0 Å². The smallest absolute Gasteiger partial charge is 0.122 e. The van der Waals surface area contributed by atoms with Crippen LogP contribution in [-0.2, 0) is 12.8 Å². The van der Waals surface area contributed by atoms with Crippen LogP contribution in [0.2, 0.25) is 0 Å². The highest BCUT2D eigenvalue weighted by molar-refractivity contribution is 5.55. The maximum Gasteiger partial charge on any atom is 0.122 e. The highest BCUT2D eigenvalue weighted by Gasteiger charge is 2.17. The third-order valence-corrected chi connectivity index (χ3v) is 4.91. The Labute approximate surface area is 157 Å². The quantitative estimate of drug-likeness (QED) is 0.480. The number of aromatic hydroxyl groups is 5. The second-order valence-corrected chi connectivity index (χ2v) is 6.78. The van der Waals surface area contributed by atoms with Gasteiger partial charge in [-0.1, -0.05) is 18.2 Å². The maximum absolute atomic E-state index is 10.8. The Bertz CT molecular complexity index is 1010. The second-order valence-electron chi connectivity index (χ2n) is 6.78. The van der Waals surface area contributed by atoms with Gasteiger partial charge in [-0.25, -0.2) is 0 Å². The summed E-state index contributed by atoms with van der Waals surface area (Å²) in [5, 5.41) is 49.9. The molecule has 0 amide bonds. The lowest BCUT2D eigenvalue weighted by molar-refractivity contribution is 0.444. The van der Waals surface area contributed by atoms with Crippen molar-refractivity contribution in [2.75, 3.05) is 0 Å². The summed E-state index contributed by atoms with van der Waals surface area (Å²) in [6.07, 6.45) is 0.605. The summed E-state index contributed by atoms with van der Waals surface area (Å²) >= 11 is 0. The van der Waals surface area contributed by atoms with Crippen LogP contribution in [-0.4, -0.2) is 25.5 Å². The van der Waals surface area contributed by atoms with Crippen molar-refractivity contribution in [2.24, 2.45) is 0 Å². The van der Waals surface area contributed by atoms with Gasteiger partial charge in [0, 0.05) is 30.5 Å². The van der Waals surface area contributed by atoms with Crippen LogP contribution in [0.1, 0.15) is 33.4 Å². The van der Waals surface area contributed by atoms with Crippen molar-refractivity contribution in [2.45, 2.75) is 26.7 Å².